The van der Waals surface area contributed by atoms with E-state index in [0.717, 1.165) is 4.90 Å². The van der Waals surface area contributed by atoms with Gasteiger partial charge in [-0.1, -0.05) is 30.3 Å². The second kappa shape index (κ2) is 9.25. The summed E-state index contributed by atoms with van der Waals surface area (Å²) in [6, 6.07) is 17.1. The molecule has 2 N–H and O–H groups in total. The quantitative estimate of drug-likeness (QED) is 0.249. The number of nitro groups is 1. The summed E-state index contributed by atoms with van der Waals surface area (Å²) in [6.45, 7) is 0.0140. The Kier molecular flexibility index (Phi) is 6.04. The number of ether oxygens (including phenoxy) is 1. The fourth-order valence-corrected chi connectivity index (χ4v) is 3.30. The molecule has 1 saturated heterocycles. The van der Waals surface area contributed by atoms with E-state index in [9.17, 15) is 29.6 Å². The van der Waals surface area contributed by atoms with E-state index in [2.05, 4.69) is 5.32 Å². The van der Waals surface area contributed by atoms with Gasteiger partial charge in [0.1, 0.15) is 23.7 Å². The number of hydrogen-bond donors (Lipinski definition) is 2. The number of benzene rings is 3. The average molecular weight is 459 g/mol. The van der Waals surface area contributed by atoms with E-state index in [-0.39, 0.29) is 29.3 Å². The average Bonchev–Trinajstić information content (AvgIpc) is 2.82. The van der Waals surface area contributed by atoms with Gasteiger partial charge >= 0.3 is 6.03 Å². The fraction of sp³-hybridized carbons (Fsp3) is 0.0417. The molecule has 170 valence electrons. The van der Waals surface area contributed by atoms with Crippen molar-refractivity contribution in [3.63, 3.8) is 0 Å². The molecule has 0 spiro atoms. The second-order valence-corrected chi connectivity index (χ2v) is 7.23. The largest absolute Gasteiger partial charge is 0.508 e. The Hall–Kier alpha value is -4.99. The second-order valence-electron chi connectivity index (χ2n) is 7.23. The van der Waals surface area contributed by atoms with E-state index in [1.165, 1.54) is 42.5 Å². The van der Waals surface area contributed by atoms with Crippen molar-refractivity contribution in [3.8, 4) is 11.5 Å². The molecule has 1 aliphatic heterocycles. The maximum absolute atomic E-state index is 13.0. The minimum Gasteiger partial charge on any atom is -0.508 e. The lowest BCUT2D eigenvalue weighted by Crippen LogP contribution is -2.54. The van der Waals surface area contributed by atoms with Crippen molar-refractivity contribution in [2.45, 2.75) is 6.61 Å². The van der Waals surface area contributed by atoms with Crippen LogP contribution in [0.1, 0.15) is 11.1 Å². The van der Waals surface area contributed by atoms with Gasteiger partial charge in [-0.05, 0) is 42.0 Å². The Bertz CT molecular complexity index is 1330. The molecule has 4 amide bonds. The number of nitrogens with zero attached hydrogens (tertiary/aromatic N) is 2. The van der Waals surface area contributed by atoms with E-state index in [1.807, 2.05) is 0 Å². The number of imide groups is 2. The molecule has 0 aliphatic carbocycles. The number of carbonyl (C=O) groups is 3. The molecule has 4 rings (SSSR count). The number of nitro benzene ring substituents is 1. The van der Waals surface area contributed by atoms with Gasteiger partial charge in [0, 0.05) is 17.7 Å². The molecule has 0 saturated carbocycles. The van der Waals surface area contributed by atoms with Gasteiger partial charge in [-0.25, -0.2) is 9.69 Å². The van der Waals surface area contributed by atoms with Gasteiger partial charge in [0.2, 0.25) is 0 Å². The van der Waals surface area contributed by atoms with Crippen LogP contribution in [0, 0.1) is 10.1 Å². The van der Waals surface area contributed by atoms with Crippen LogP contribution in [0.5, 0.6) is 11.5 Å². The lowest BCUT2D eigenvalue weighted by molar-refractivity contribution is -0.384. The third-order valence-electron chi connectivity index (χ3n) is 4.94. The lowest BCUT2D eigenvalue weighted by atomic mass is 10.1. The number of anilines is 1. The number of para-hydroxylation sites is 1. The Morgan fingerprint density at radius 3 is 2.47 bits per heavy atom. The van der Waals surface area contributed by atoms with Crippen LogP contribution in [0.4, 0.5) is 16.2 Å². The summed E-state index contributed by atoms with van der Waals surface area (Å²) in [5, 5.41) is 22.6. The van der Waals surface area contributed by atoms with Crippen LogP contribution in [0.2, 0.25) is 0 Å². The first-order valence-corrected chi connectivity index (χ1v) is 9.99. The maximum Gasteiger partial charge on any atom is 0.335 e. The molecule has 0 unspecified atom stereocenters. The summed E-state index contributed by atoms with van der Waals surface area (Å²) in [7, 11) is 0. The summed E-state index contributed by atoms with van der Waals surface area (Å²) >= 11 is 0. The van der Waals surface area contributed by atoms with Crippen molar-refractivity contribution in [2.24, 2.45) is 0 Å². The third-order valence-corrected chi connectivity index (χ3v) is 4.94. The molecule has 3 aromatic rings. The molecule has 34 heavy (non-hydrogen) atoms. The van der Waals surface area contributed by atoms with Crippen molar-refractivity contribution in [2.75, 3.05) is 4.90 Å². The standard InChI is InChI=1S/C24H17N3O7/c28-19-10-8-17(9-11-19)26-23(30)20(22(29)25-24(26)31)13-16-5-1-2-7-21(16)34-14-15-4-3-6-18(12-15)27(32)33/h1-13,28H,14H2,(H,25,29,31)/b20-13+. The van der Waals surface area contributed by atoms with Crippen LogP contribution < -0.4 is 15.0 Å². The molecule has 10 heteroatoms. The predicted molar refractivity (Wildman–Crippen MR) is 121 cm³/mol. The predicted octanol–water partition coefficient (Wildman–Crippen LogP) is 3.55. The van der Waals surface area contributed by atoms with E-state index in [0.29, 0.717) is 16.9 Å². The molecule has 1 fully saturated rings. The highest BCUT2D eigenvalue weighted by atomic mass is 16.6. The monoisotopic (exact) mass is 459 g/mol. The molecular formula is C24H17N3O7. The van der Waals surface area contributed by atoms with E-state index in [1.54, 1.807) is 36.4 Å². The van der Waals surface area contributed by atoms with E-state index in [4.69, 9.17) is 4.74 Å². The number of non-ortho nitro benzene ring substituents is 1. The van der Waals surface area contributed by atoms with Gasteiger partial charge in [0.25, 0.3) is 17.5 Å². The van der Waals surface area contributed by atoms with Crippen LogP contribution in [0.15, 0.2) is 78.4 Å². The number of phenolic OH excluding ortho intramolecular Hbond substituents is 1. The number of urea groups is 1. The summed E-state index contributed by atoms with van der Waals surface area (Å²) in [4.78, 5) is 49.1. The van der Waals surface area contributed by atoms with Crippen LogP contribution in [0.3, 0.4) is 0 Å². The first kappa shape index (κ1) is 22.2. The highest BCUT2D eigenvalue weighted by Gasteiger charge is 2.37. The molecule has 1 aliphatic rings. The van der Waals surface area contributed by atoms with Gasteiger partial charge in [0.05, 0.1) is 10.6 Å². The van der Waals surface area contributed by atoms with Crippen LogP contribution >= 0.6 is 0 Å². The SMILES string of the molecule is O=C1NC(=O)N(c2ccc(O)cc2)C(=O)/C1=C/c1ccccc1OCc1cccc([N+](=O)[O-])c1. The highest BCUT2D eigenvalue weighted by Crippen LogP contribution is 2.27. The first-order valence-electron chi connectivity index (χ1n) is 9.99. The third kappa shape index (κ3) is 4.60. The molecule has 3 aromatic carbocycles. The molecular weight excluding hydrogens is 442 g/mol. The number of rotatable bonds is 6. The van der Waals surface area contributed by atoms with Crippen molar-refractivity contribution >= 4 is 35.3 Å². The zero-order valence-electron chi connectivity index (χ0n) is 17.5. The molecule has 0 aromatic heterocycles. The van der Waals surface area contributed by atoms with Crippen molar-refractivity contribution in [1.29, 1.82) is 0 Å². The minimum atomic E-state index is -0.909. The topological polar surface area (TPSA) is 139 Å². The Morgan fingerprint density at radius 2 is 1.74 bits per heavy atom. The Balaban J connectivity index is 1.62. The number of carbonyl (C=O) groups excluding carboxylic acids is 3. The van der Waals surface area contributed by atoms with Crippen molar-refractivity contribution in [3.05, 3.63) is 99.6 Å². The molecule has 0 atom stereocenters. The van der Waals surface area contributed by atoms with Gasteiger partial charge in [-0.15, -0.1) is 0 Å². The van der Waals surface area contributed by atoms with Crippen LogP contribution in [-0.4, -0.2) is 27.9 Å². The van der Waals surface area contributed by atoms with Gasteiger partial charge < -0.3 is 9.84 Å². The molecule has 0 radical (unpaired) electrons. The lowest BCUT2D eigenvalue weighted by Gasteiger charge is -2.26. The van der Waals surface area contributed by atoms with Crippen LogP contribution in [0.25, 0.3) is 6.08 Å². The summed E-state index contributed by atoms with van der Waals surface area (Å²) in [6.07, 6.45) is 1.31. The van der Waals surface area contributed by atoms with Gasteiger partial charge in [0.15, 0.2) is 0 Å². The molecule has 1 heterocycles. The summed E-state index contributed by atoms with van der Waals surface area (Å²) < 4.78 is 5.80. The van der Waals surface area contributed by atoms with Crippen LogP contribution in [-0.2, 0) is 16.2 Å². The number of amides is 4. The van der Waals surface area contributed by atoms with E-state index >= 15 is 0 Å². The van der Waals surface area contributed by atoms with Crippen molar-refractivity contribution < 1.29 is 29.2 Å². The minimum absolute atomic E-state index is 0.0140. The maximum atomic E-state index is 13.0. The first-order chi connectivity index (χ1) is 16.3. The zero-order valence-corrected chi connectivity index (χ0v) is 17.5. The Morgan fingerprint density at radius 1 is 1.00 bits per heavy atom. The normalized spacial score (nSPS) is 14.8. The summed E-state index contributed by atoms with van der Waals surface area (Å²) in [5.41, 5.74) is 0.770. The summed E-state index contributed by atoms with van der Waals surface area (Å²) in [5.74, 6) is -1.42. The number of hydrogen-bond acceptors (Lipinski definition) is 7. The number of phenols is 1. The number of barbiturate groups is 1. The van der Waals surface area contributed by atoms with Crippen molar-refractivity contribution in [1.82, 2.24) is 5.32 Å². The van der Waals surface area contributed by atoms with E-state index < -0.39 is 22.8 Å². The molecule has 10 nitrogen and oxygen atoms in total. The highest BCUT2D eigenvalue weighted by molar-refractivity contribution is 6.39. The Labute approximate surface area is 192 Å². The number of aromatic hydroxyl groups is 1. The fourth-order valence-electron chi connectivity index (χ4n) is 3.30. The van der Waals surface area contributed by atoms with Gasteiger partial charge in [-0.2, -0.15) is 0 Å². The smallest absolute Gasteiger partial charge is 0.335 e. The zero-order chi connectivity index (χ0) is 24.2. The number of nitrogens with one attached hydrogen (secondary N) is 1. The molecule has 0 bridgehead atoms. The van der Waals surface area contributed by atoms with Gasteiger partial charge in [-0.3, -0.25) is 25.0 Å².